The number of imidazole rings is 1. The summed E-state index contributed by atoms with van der Waals surface area (Å²) < 4.78 is 1.68. The number of nitrogens with one attached hydrogen (secondary N) is 1. The van der Waals surface area contributed by atoms with E-state index in [2.05, 4.69) is 4.98 Å². The Morgan fingerprint density at radius 2 is 2.18 bits per heavy atom. The standard InChI is InChI=1S/C12H15N3O2/c1-14(2)5-6-15-11-4-3-9(8-16)7-10(11)13-12(15)17/h3-4,7-8H,5-6H2,1-2H3,(H,13,17). The molecule has 2 rings (SSSR count). The summed E-state index contributed by atoms with van der Waals surface area (Å²) in [4.78, 5) is 27.2. The third-order valence-corrected chi connectivity index (χ3v) is 2.71. The summed E-state index contributed by atoms with van der Waals surface area (Å²) in [6.07, 6.45) is 0.773. The maximum atomic E-state index is 11.8. The molecule has 1 aromatic carbocycles. The van der Waals surface area contributed by atoms with Gasteiger partial charge >= 0.3 is 5.69 Å². The van der Waals surface area contributed by atoms with Crippen LogP contribution in [0.2, 0.25) is 0 Å². The number of hydrogen-bond acceptors (Lipinski definition) is 3. The Kier molecular flexibility index (Phi) is 3.10. The van der Waals surface area contributed by atoms with E-state index in [9.17, 15) is 9.59 Å². The Morgan fingerprint density at radius 1 is 1.41 bits per heavy atom. The van der Waals surface area contributed by atoms with Crippen LogP contribution in [-0.2, 0) is 6.54 Å². The van der Waals surface area contributed by atoms with Gasteiger partial charge < -0.3 is 9.88 Å². The van der Waals surface area contributed by atoms with Crippen molar-refractivity contribution in [1.82, 2.24) is 14.5 Å². The van der Waals surface area contributed by atoms with Crippen LogP contribution in [0.1, 0.15) is 10.4 Å². The quantitative estimate of drug-likeness (QED) is 0.791. The van der Waals surface area contributed by atoms with Gasteiger partial charge in [0.1, 0.15) is 6.29 Å². The molecule has 5 heteroatoms. The lowest BCUT2D eigenvalue weighted by Gasteiger charge is -2.09. The van der Waals surface area contributed by atoms with Crippen LogP contribution in [0.25, 0.3) is 11.0 Å². The van der Waals surface area contributed by atoms with E-state index in [0.717, 1.165) is 18.3 Å². The van der Waals surface area contributed by atoms with Crippen LogP contribution >= 0.6 is 0 Å². The molecule has 0 atom stereocenters. The third-order valence-electron chi connectivity index (χ3n) is 2.71. The van der Waals surface area contributed by atoms with Gasteiger partial charge in [0.25, 0.3) is 0 Å². The number of carbonyl (C=O) groups is 1. The minimum atomic E-state index is -0.134. The van der Waals surface area contributed by atoms with Crippen molar-refractivity contribution in [3.05, 3.63) is 34.2 Å². The summed E-state index contributed by atoms with van der Waals surface area (Å²) in [5.74, 6) is 0. The molecule has 0 bridgehead atoms. The second kappa shape index (κ2) is 4.55. The highest BCUT2D eigenvalue weighted by atomic mass is 16.1. The highest BCUT2D eigenvalue weighted by molar-refractivity contribution is 5.84. The monoisotopic (exact) mass is 233 g/mol. The number of rotatable bonds is 4. The number of hydrogen-bond donors (Lipinski definition) is 1. The van der Waals surface area contributed by atoms with E-state index in [-0.39, 0.29) is 5.69 Å². The van der Waals surface area contributed by atoms with Gasteiger partial charge in [-0.2, -0.15) is 0 Å². The van der Waals surface area contributed by atoms with Gasteiger partial charge in [0.2, 0.25) is 0 Å². The Hall–Kier alpha value is -1.88. The minimum Gasteiger partial charge on any atom is -0.308 e. The molecule has 1 heterocycles. The molecule has 0 saturated carbocycles. The first-order valence-electron chi connectivity index (χ1n) is 5.44. The Labute approximate surface area is 98.7 Å². The maximum Gasteiger partial charge on any atom is 0.326 e. The van der Waals surface area contributed by atoms with Gasteiger partial charge in [0, 0.05) is 18.7 Å². The zero-order valence-corrected chi connectivity index (χ0v) is 9.93. The Balaban J connectivity index is 2.45. The van der Waals surface area contributed by atoms with Crippen molar-refractivity contribution in [3.63, 3.8) is 0 Å². The lowest BCUT2D eigenvalue weighted by molar-refractivity contribution is 0.112. The fourth-order valence-corrected chi connectivity index (χ4v) is 1.78. The molecule has 17 heavy (non-hydrogen) atoms. The van der Waals surface area contributed by atoms with Crippen molar-refractivity contribution in [2.45, 2.75) is 6.54 Å². The van der Waals surface area contributed by atoms with E-state index in [0.29, 0.717) is 17.6 Å². The van der Waals surface area contributed by atoms with Gasteiger partial charge in [-0.1, -0.05) is 0 Å². The topological polar surface area (TPSA) is 58.1 Å². The molecule has 0 unspecified atom stereocenters. The van der Waals surface area contributed by atoms with Crippen molar-refractivity contribution in [1.29, 1.82) is 0 Å². The van der Waals surface area contributed by atoms with Crippen LogP contribution < -0.4 is 5.69 Å². The van der Waals surface area contributed by atoms with E-state index in [1.54, 1.807) is 22.8 Å². The van der Waals surface area contributed by atoms with Crippen molar-refractivity contribution in [2.75, 3.05) is 20.6 Å². The second-order valence-electron chi connectivity index (χ2n) is 4.28. The molecular weight excluding hydrogens is 218 g/mol. The van der Waals surface area contributed by atoms with Crippen molar-refractivity contribution < 1.29 is 4.79 Å². The molecule has 0 aliphatic rings. The van der Waals surface area contributed by atoms with Crippen molar-refractivity contribution in [2.24, 2.45) is 0 Å². The number of aromatic nitrogens is 2. The third kappa shape index (κ3) is 2.29. The highest BCUT2D eigenvalue weighted by Crippen LogP contribution is 2.11. The predicted octanol–water partition coefficient (Wildman–Crippen LogP) is 0.704. The normalized spacial score (nSPS) is 11.2. The molecule has 1 N–H and O–H groups in total. The van der Waals surface area contributed by atoms with Crippen LogP contribution in [0.15, 0.2) is 23.0 Å². The van der Waals surface area contributed by atoms with Crippen LogP contribution in [0, 0.1) is 0 Å². The molecule has 1 aromatic heterocycles. The van der Waals surface area contributed by atoms with Crippen molar-refractivity contribution in [3.8, 4) is 0 Å². The summed E-state index contributed by atoms with van der Waals surface area (Å²) in [7, 11) is 3.93. The zero-order chi connectivity index (χ0) is 12.4. The number of nitrogens with zero attached hydrogens (tertiary/aromatic N) is 2. The number of H-pyrrole nitrogens is 1. The molecule has 5 nitrogen and oxygen atoms in total. The summed E-state index contributed by atoms with van der Waals surface area (Å²) in [6, 6.07) is 5.21. The van der Waals surface area contributed by atoms with Gasteiger partial charge in [0.05, 0.1) is 11.0 Å². The number of aldehydes is 1. The molecule has 2 aromatic rings. The Morgan fingerprint density at radius 3 is 2.82 bits per heavy atom. The van der Waals surface area contributed by atoms with Gasteiger partial charge in [-0.15, -0.1) is 0 Å². The summed E-state index contributed by atoms with van der Waals surface area (Å²) in [5, 5.41) is 0. The molecule has 0 spiro atoms. The van der Waals surface area contributed by atoms with Gasteiger partial charge in [-0.05, 0) is 32.3 Å². The number of carbonyl (C=O) groups excluding carboxylic acids is 1. The zero-order valence-electron chi connectivity index (χ0n) is 9.93. The highest BCUT2D eigenvalue weighted by Gasteiger charge is 2.07. The first kappa shape index (κ1) is 11.6. The molecule has 0 aliphatic heterocycles. The van der Waals surface area contributed by atoms with Crippen molar-refractivity contribution >= 4 is 17.3 Å². The predicted molar refractivity (Wildman–Crippen MR) is 66.5 cm³/mol. The molecule has 0 radical (unpaired) electrons. The van der Waals surface area contributed by atoms with E-state index in [1.165, 1.54) is 0 Å². The number of fused-ring (bicyclic) bond motifs is 1. The van der Waals surface area contributed by atoms with E-state index in [4.69, 9.17) is 0 Å². The lowest BCUT2D eigenvalue weighted by Crippen LogP contribution is -2.24. The van der Waals surface area contributed by atoms with E-state index in [1.807, 2.05) is 19.0 Å². The van der Waals surface area contributed by atoms with Crippen LogP contribution in [0.5, 0.6) is 0 Å². The fourth-order valence-electron chi connectivity index (χ4n) is 1.78. The average molecular weight is 233 g/mol. The van der Waals surface area contributed by atoms with Crippen LogP contribution in [0.4, 0.5) is 0 Å². The van der Waals surface area contributed by atoms with Gasteiger partial charge in [0.15, 0.2) is 0 Å². The molecule has 90 valence electrons. The van der Waals surface area contributed by atoms with Crippen LogP contribution in [0.3, 0.4) is 0 Å². The summed E-state index contributed by atoms with van der Waals surface area (Å²) in [6.45, 7) is 1.43. The summed E-state index contributed by atoms with van der Waals surface area (Å²) >= 11 is 0. The number of benzene rings is 1. The minimum absolute atomic E-state index is 0.134. The molecule has 0 saturated heterocycles. The first-order valence-corrected chi connectivity index (χ1v) is 5.44. The number of likely N-dealkylation sites (N-methyl/N-ethyl adjacent to an activating group) is 1. The van der Waals surface area contributed by atoms with Crippen LogP contribution in [-0.4, -0.2) is 41.4 Å². The SMILES string of the molecule is CN(C)CCn1c(=O)[nH]c2cc(C=O)ccc21. The lowest BCUT2D eigenvalue weighted by atomic mass is 10.2. The second-order valence-corrected chi connectivity index (χ2v) is 4.28. The molecular formula is C12H15N3O2. The largest absolute Gasteiger partial charge is 0.326 e. The fraction of sp³-hybridized carbons (Fsp3) is 0.333. The van der Waals surface area contributed by atoms with E-state index >= 15 is 0 Å². The Bertz CT molecular complexity index is 595. The first-order chi connectivity index (χ1) is 8.11. The van der Waals surface area contributed by atoms with E-state index < -0.39 is 0 Å². The molecule has 0 fully saturated rings. The van der Waals surface area contributed by atoms with Gasteiger partial charge in [-0.25, -0.2) is 4.79 Å². The molecule has 0 amide bonds. The molecule has 0 aliphatic carbocycles. The summed E-state index contributed by atoms with van der Waals surface area (Å²) in [5.41, 5.74) is 1.98. The average Bonchev–Trinajstić information content (AvgIpc) is 2.60. The maximum absolute atomic E-state index is 11.8. The smallest absolute Gasteiger partial charge is 0.308 e. The number of aromatic amines is 1. The van der Waals surface area contributed by atoms with Gasteiger partial charge in [-0.3, -0.25) is 9.36 Å².